The summed E-state index contributed by atoms with van der Waals surface area (Å²) in [5.41, 5.74) is 1.73. The van der Waals surface area contributed by atoms with Gasteiger partial charge in [0.2, 0.25) is 0 Å². The number of hydrogen-bond donors (Lipinski definition) is 0. The van der Waals surface area contributed by atoms with E-state index < -0.39 is 0 Å². The van der Waals surface area contributed by atoms with Crippen LogP contribution in [0.5, 0.6) is 0 Å². The van der Waals surface area contributed by atoms with E-state index in [1.165, 1.54) is 0 Å². The van der Waals surface area contributed by atoms with Crippen molar-refractivity contribution >= 4 is 21.8 Å². The van der Waals surface area contributed by atoms with Gasteiger partial charge in [-0.15, -0.1) is 0 Å². The molecule has 1 aliphatic heterocycles. The lowest BCUT2D eigenvalue weighted by molar-refractivity contribution is 0.0761. The third-order valence-corrected chi connectivity index (χ3v) is 3.75. The smallest absolute Gasteiger partial charge is 0.255 e. The maximum absolute atomic E-state index is 12.4. The number of carbonyl (C=O) groups excluding carboxylic acids is 1. The van der Waals surface area contributed by atoms with Crippen LogP contribution in [0.1, 0.15) is 22.3 Å². The van der Waals surface area contributed by atoms with Gasteiger partial charge < -0.3 is 9.80 Å². The molecule has 0 N–H and O–H groups in total. The first kappa shape index (κ1) is 14.5. The molecule has 0 saturated carbocycles. The highest BCUT2D eigenvalue weighted by Crippen LogP contribution is 2.10. The SMILES string of the molecule is Cc1cncc(C(=O)N2CCCN(CCBr)CC2)c1. The number of aryl methyl sites for hydroxylation is 1. The van der Waals surface area contributed by atoms with Crippen molar-refractivity contribution in [3.63, 3.8) is 0 Å². The number of pyridine rings is 1. The normalized spacial score (nSPS) is 17.3. The molecule has 0 bridgehead atoms. The Morgan fingerprint density at radius 3 is 2.89 bits per heavy atom. The molecule has 0 spiro atoms. The van der Waals surface area contributed by atoms with Gasteiger partial charge in [0, 0.05) is 43.9 Å². The highest BCUT2D eigenvalue weighted by Gasteiger charge is 2.20. The third kappa shape index (κ3) is 4.01. The molecule has 19 heavy (non-hydrogen) atoms. The average Bonchev–Trinajstić information content (AvgIpc) is 2.64. The van der Waals surface area contributed by atoms with Crippen molar-refractivity contribution in [1.82, 2.24) is 14.8 Å². The molecule has 0 aliphatic carbocycles. The second kappa shape index (κ2) is 7.01. The zero-order valence-electron chi connectivity index (χ0n) is 11.3. The lowest BCUT2D eigenvalue weighted by Crippen LogP contribution is -2.35. The van der Waals surface area contributed by atoms with Crippen LogP contribution in [0.15, 0.2) is 18.5 Å². The summed E-state index contributed by atoms with van der Waals surface area (Å²) >= 11 is 3.47. The number of amides is 1. The van der Waals surface area contributed by atoms with Gasteiger partial charge >= 0.3 is 0 Å². The van der Waals surface area contributed by atoms with Gasteiger partial charge in [-0.05, 0) is 31.5 Å². The Morgan fingerprint density at radius 1 is 1.32 bits per heavy atom. The zero-order valence-corrected chi connectivity index (χ0v) is 12.9. The molecule has 0 radical (unpaired) electrons. The van der Waals surface area contributed by atoms with E-state index in [1.807, 2.05) is 17.9 Å². The van der Waals surface area contributed by atoms with Crippen LogP contribution in [0.2, 0.25) is 0 Å². The second-order valence-corrected chi connectivity index (χ2v) is 5.72. The Morgan fingerprint density at radius 2 is 2.16 bits per heavy atom. The number of nitrogens with zero attached hydrogens (tertiary/aromatic N) is 3. The van der Waals surface area contributed by atoms with Crippen molar-refractivity contribution < 1.29 is 4.79 Å². The predicted octanol–water partition coefficient (Wildman–Crippen LogP) is 1.93. The molecule has 1 aliphatic rings. The summed E-state index contributed by atoms with van der Waals surface area (Å²) in [4.78, 5) is 20.9. The molecule has 1 aromatic rings. The zero-order chi connectivity index (χ0) is 13.7. The number of aromatic nitrogens is 1. The number of rotatable bonds is 3. The third-order valence-electron chi connectivity index (χ3n) is 3.40. The molecular weight excluding hydrogens is 306 g/mol. The second-order valence-electron chi connectivity index (χ2n) is 4.93. The minimum Gasteiger partial charge on any atom is -0.337 e. The number of alkyl halides is 1. The molecule has 2 rings (SSSR count). The van der Waals surface area contributed by atoms with Crippen molar-refractivity contribution in [2.75, 3.05) is 38.1 Å². The van der Waals surface area contributed by atoms with Crippen molar-refractivity contribution in [2.45, 2.75) is 13.3 Å². The Bertz CT molecular complexity index is 438. The van der Waals surface area contributed by atoms with E-state index in [2.05, 4.69) is 25.8 Å². The molecule has 4 nitrogen and oxygen atoms in total. The van der Waals surface area contributed by atoms with Crippen LogP contribution in [0.3, 0.4) is 0 Å². The summed E-state index contributed by atoms with van der Waals surface area (Å²) in [7, 11) is 0. The molecule has 104 valence electrons. The number of carbonyl (C=O) groups is 1. The summed E-state index contributed by atoms with van der Waals surface area (Å²) in [6.07, 6.45) is 4.48. The first-order valence-corrected chi connectivity index (χ1v) is 7.82. The summed E-state index contributed by atoms with van der Waals surface area (Å²) in [6, 6.07) is 1.91. The summed E-state index contributed by atoms with van der Waals surface area (Å²) in [5, 5.41) is 0.989. The monoisotopic (exact) mass is 325 g/mol. The Kier molecular flexibility index (Phi) is 5.34. The van der Waals surface area contributed by atoms with Gasteiger partial charge in [0.25, 0.3) is 5.91 Å². The van der Waals surface area contributed by atoms with Gasteiger partial charge in [-0.3, -0.25) is 9.78 Å². The van der Waals surface area contributed by atoms with E-state index in [9.17, 15) is 4.79 Å². The Labute approximate surface area is 122 Å². The van der Waals surface area contributed by atoms with Crippen molar-refractivity contribution in [3.8, 4) is 0 Å². The largest absolute Gasteiger partial charge is 0.337 e. The minimum atomic E-state index is 0.108. The van der Waals surface area contributed by atoms with Crippen LogP contribution >= 0.6 is 15.9 Å². The van der Waals surface area contributed by atoms with Gasteiger partial charge in [0.1, 0.15) is 0 Å². The number of hydrogen-bond acceptors (Lipinski definition) is 3. The highest BCUT2D eigenvalue weighted by molar-refractivity contribution is 9.09. The first-order valence-electron chi connectivity index (χ1n) is 6.70. The fraction of sp³-hybridized carbons (Fsp3) is 0.571. The topological polar surface area (TPSA) is 36.4 Å². The van der Waals surface area contributed by atoms with E-state index >= 15 is 0 Å². The summed E-state index contributed by atoms with van der Waals surface area (Å²) in [5.74, 6) is 0.108. The van der Waals surface area contributed by atoms with E-state index in [0.717, 1.165) is 50.0 Å². The van der Waals surface area contributed by atoms with E-state index in [4.69, 9.17) is 0 Å². The van der Waals surface area contributed by atoms with Crippen molar-refractivity contribution in [1.29, 1.82) is 0 Å². The van der Waals surface area contributed by atoms with E-state index in [-0.39, 0.29) is 5.91 Å². The summed E-state index contributed by atoms with van der Waals surface area (Å²) < 4.78 is 0. The number of halogens is 1. The fourth-order valence-corrected chi connectivity index (χ4v) is 2.87. The van der Waals surface area contributed by atoms with Crippen LogP contribution in [0.25, 0.3) is 0 Å². The molecule has 0 atom stereocenters. The highest BCUT2D eigenvalue weighted by atomic mass is 79.9. The first-order chi connectivity index (χ1) is 9.20. The quantitative estimate of drug-likeness (QED) is 0.797. The summed E-state index contributed by atoms with van der Waals surface area (Å²) in [6.45, 7) is 6.68. The molecule has 0 aromatic carbocycles. The van der Waals surface area contributed by atoms with Crippen molar-refractivity contribution in [2.24, 2.45) is 0 Å². The minimum absolute atomic E-state index is 0.108. The molecule has 1 fully saturated rings. The van der Waals surface area contributed by atoms with Gasteiger partial charge in [-0.2, -0.15) is 0 Å². The van der Waals surface area contributed by atoms with Crippen LogP contribution in [0, 0.1) is 6.92 Å². The molecular formula is C14H20BrN3O. The Hall–Kier alpha value is -0.940. The average molecular weight is 326 g/mol. The molecule has 5 heteroatoms. The molecule has 0 unspecified atom stereocenters. The van der Waals surface area contributed by atoms with Gasteiger partial charge in [0.05, 0.1) is 5.56 Å². The van der Waals surface area contributed by atoms with Crippen LogP contribution in [-0.4, -0.2) is 58.7 Å². The molecule has 1 aromatic heterocycles. The lowest BCUT2D eigenvalue weighted by Gasteiger charge is -2.21. The van der Waals surface area contributed by atoms with Gasteiger partial charge in [-0.1, -0.05) is 15.9 Å². The van der Waals surface area contributed by atoms with Crippen LogP contribution < -0.4 is 0 Å². The van der Waals surface area contributed by atoms with Crippen LogP contribution in [0.4, 0.5) is 0 Å². The van der Waals surface area contributed by atoms with Crippen LogP contribution in [-0.2, 0) is 0 Å². The maximum atomic E-state index is 12.4. The predicted molar refractivity (Wildman–Crippen MR) is 79.7 cm³/mol. The van der Waals surface area contributed by atoms with Crippen molar-refractivity contribution in [3.05, 3.63) is 29.6 Å². The van der Waals surface area contributed by atoms with Gasteiger partial charge in [-0.25, -0.2) is 0 Å². The molecule has 1 amide bonds. The lowest BCUT2D eigenvalue weighted by atomic mass is 10.2. The standard InChI is InChI=1S/C14H20BrN3O/c1-12-9-13(11-16-10-12)14(19)18-5-2-4-17(6-3-15)7-8-18/h9-11H,2-8H2,1H3. The molecule has 2 heterocycles. The molecule has 1 saturated heterocycles. The fourth-order valence-electron chi connectivity index (χ4n) is 2.37. The van der Waals surface area contributed by atoms with Gasteiger partial charge in [0.15, 0.2) is 0 Å². The van der Waals surface area contributed by atoms with E-state index in [1.54, 1.807) is 12.4 Å². The van der Waals surface area contributed by atoms with E-state index in [0.29, 0.717) is 5.56 Å². The maximum Gasteiger partial charge on any atom is 0.255 e. The Balaban J connectivity index is 2.00.